The third-order valence-electron chi connectivity index (χ3n) is 1.63. The SMILES string of the molecule is CSC(F)(F)C(=O)c1ccc(F)cc1. The molecule has 14 heavy (non-hydrogen) atoms. The van der Waals surface area contributed by atoms with Crippen LogP contribution in [0.3, 0.4) is 0 Å². The highest BCUT2D eigenvalue weighted by Crippen LogP contribution is 2.30. The van der Waals surface area contributed by atoms with Crippen molar-refractivity contribution in [3.63, 3.8) is 0 Å². The normalized spacial score (nSPS) is 11.4. The van der Waals surface area contributed by atoms with Crippen LogP contribution in [0.4, 0.5) is 13.2 Å². The van der Waals surface area contributed by atoms with Gasteiger partial charge in [0.15, 0.2) is 0 Å². The van der Waals surface area contributed by atoms with Gasteiger partial charge in [-0.15, -0.1) is 0 Å². The summed E-state index contributed by atoms with van der Waals surface area (Å²) < 4.78 is 38.1. The highest BCUT2D eigenvalue weighted by atomic mass is 32.2. The van der Waals surface area contributed by atoms with Crippen molar-refractivity contribution in [3.05, 3.63) is 35.6 Å². The minimum atomic E-state index is -3.45. The topological polar surface area (TPSA) is 17.1 Å². The lowest BCUT2D eigenvalue weighted by Gasteiger charge is -2.11. The van der Waals surface area contributed by atoms with Crippen LogP contribution in [0, 0.1) is 5.82 Å². The number of alkyl halides is 2. The smallest absolute Gasteiger partial charge is 0.286 e. The second kappa shape index (κ2) is 4.04. The molecule has 0 aromatic heterocycles. The summed E-state index contributed by atoms with van der Waals surface area (Å²) in [7, 11) is 0. The maximum absolute atomic E-state index is 12.9. The molecule has 0 atom stereocenters. The van der Waals surface area contributed by atoms with Crippen molar-refractivity contribution in [2.45, 2.75) is 5.25 Å². The maximum atomic E-state index is 12.9. The quantitative estimate of drug-likeness (QED) is 0.728. The van der Waals surface area contributed by atoms with Gasteiger partial charge in [-0.2, -0.15) is 8.78 Å². The predicted octanol–water partition coefficient (Wildman–Crippen LogP) is 2.96. The van der Waals surface area contributed by atoms with Crippen LogP contribution in [0.25, 0.3) is 0 Å². The van der Waals surface area contributed by atoms with E-state index >= 15 is 0 Å². The fourth-order valence-electron chi connectivity index (χ4n) is 0.862. The van der Waals surface area contributed by atoms with Crippen molar-refractivity contribution in [2.75, 3.05) is 6.26 Å². The summed E-state index contributed by atoms with van der Waals surface area (Å²) in [6, 6.07) is 4.04. The van der Waals surface area contributed by atoms with E-state index in [1.54, 1.807) is 0 Å². The number of ketones is 1. The number of halogens is 3. The van der Waals surface area contributed by atoms with Crippen LogP contribution in [-0.4, -0.2) is 17.3 Å². The molecule has 0 heterocycles. The maximum Gasteiger partial charge on any atom is 0.355 e. The van der Waals surface area contributed by atoms with Crippen LogP contribution in [-0.2, 0) is 0 Å². The minimum Gasteiger partial charge on any atom is -0.286 e. The zero-order valence-electron chi connectivity index (χ0n) is 7.26. The Bertz CT molecular complexity index is 334. The molecule has 0 aliphatic heterocycles. The van der Waals surface area contributed by atoms with Crippen molar-refractivity contribution >= 4 is 17.5 Å². The van der Waals surface area contributed by atoms with Gasteiger partial charge in [-0.1, -0.05) is 11.8 Å². The van der Waals surface area contributed by atoms with E-state index < -0.39 is 16.9 Å². The molecule has 5 heteroatoms. The lowest BCUT2D eigenvalue weighted by molar-refractivity contribution is 0.0568. The summed E-state index contributed by atoms with van der Waals surface area (Å²) >= 11 is 0.158. The molecular weight excluding hydrogens is 213 g/mol. The summed E-state index contributed by atoms with van der Waals surface area (Å²) in [5.74, 6) is -1.86. The summed E-state index contributed by atoms with van der Waals surface area (Å²) in [5, 5.41) is -3.45. The van der Waals surface area contributed by atoms with Crippen molar-refractivity contribution in [1.82, 2.24) is 0 Å². The molecule has 0 spiro atoms. The lowest BCUT2D eigenvalue weighted by Crippen LogP contribution is -2.24. The summed E-state index contributed by atoms with van der Waals surface area (Å²) in [6.45, 7) is 0. The highest BCUT2D eigenvalue weighted by molar-refractivity contribution is 8.00. The highest BCUT2D eigenvalue weighted by Gasteiger charge is 2.38. The van der Waals surface area contributed by atoms with Crippen molar-refractivity contribution in [1.29, 1.82) is 0 Å². The van der Waals surface area contributed by atoms with Gasteiger partial charge in [-0.05, 0) is 30.5 Å². The monoisotopic (exact) mass is 220 g/mol. The molecule has 0 aliphatic rings. The van der Waals surface area contributed by atoms with Gasteiger partial charge in [0.1, 0.15) is 5.82 Å². The second-order valence-electron chi connectivity index (χ2n) is 2.56. The summed E-state index contributed by atoms with van der Waals surface area (Å²) in [6.07, 6.45) is 1.14. The first kappa shape index (κ1) is 11.1. The Labute approximate surface area is 83.3 Å². The molecule has 76 valence electrons. The zero-order valence-corrected chi connectivity index (χ0v) is 8.08. The van der Waals surface area contributed by atoms with Gasteiger partial charge >= 0.3 is 5.25 Å². The van der Waals surface area contributed by atoms with E-state index in [-0.39, 0.29) is 17.3 Å². The Kier molecular flexibility index (Phi) is 3.21. The molecule has 0 saturated carbocycles. The third kappa shape index (κ3) is 2.29. The van der Waals surface area contributed by atoms with Gasteiger partial charge in [0.25, 0.3) is 0 Å². The van der Waals surface area contributed by atoms with E-state index in [0.29, 0.717) is 0 Å². The molecule has 0 amide bonds. The molecule has 0 radical (unpaired) electrons. The standard InChI is InChI=1S/C9H7F3OS/c1-14-9(11,12)8(13)6-2-4-7(10)5-3-6/h2-5H,1H3. The van der Waals surface area contributed by atoms with Gasteiger partial charge in [-0.3, -0.25) is 4.79 Å². The summed E-state index contributed by atoms with van der Waals surface area (Å²) in [5.41, 5.74) is -0.189. The molecule has 0 bridgehead atoms. The van der Waals surface area contributed by atoms with E-state index in [4.69, 9.17) is 0 Å². The Morgan fingerprint density at radius 3 is 2.21 bits per heavy atom. The average Bonchev–Trinajstić information content (AvgIpc) is 2.18. The number of carbonyl (C=O) groups is 1. The van der Waals surface area contributed by atoms with E-state index in [2.05, 4.69) is 0 Å². The minimum absolute atomic E-state index is 0.158. The number of rotatable bonds is 3. The van der Waals surface area contributed by atoms with Crippen molar-refractivity contribution in [3.8, 4) is 0 Å². The van der Waals surface area contributed by atoms with Crippen LogP contribution < -0.4 is 0 Å². The van der Waals surface area contributed by atoms with Crippen molar-refractivity contribution in [2.24, 2.45) is 0 Å². The molecule has 0 N–H and O–H groups in total. The Morgan fingerprint density at radius 2 is 1.79 bits per heavy atom. The van der Waals surface area contributed by atoms with Gasteiger partial charge in [0.2, 0.25) is 5.78 Å². The van der Waals surface area contributed by atoms with Gasteiger partial charge < -0.3 is 0 Å². The third-order valence-corrected chi connectivity index (χ3v) is 2.33. The number of hydrogen-bond acceptors (Lipinski definition) is 2. The number of thioether (sulfide) groups is 1. The fourth-order valence-corrected chi connectivity index (χ4v) is 1.17. The van der Waals surface area contributed by atoms with Gasteiger partial charge in [0.05, 0.1) is 0 Å². The van der Waals surface area contributed by atoms with Crippen LogP contribution in [0.2, 0.25) is 0 Å². The molecule has 1 aromatic carbocycles. The van der Waals surface area contributed by atoms with Crippen molar-refractivity contribution < 1.29 is 18.0 Å². The zero-order chi connectivity index (χ0) is 10.8. The first-order valence-corrected chi connectivity index (χ1v) is 4.93. The molecular formula is C9H7F3OS. The molecule has 1 nitrogen and oxygen atoms in total. The Balaban J connectivity index is 2.96. The van der Waals surface area contributed by atoms with Crippen LogP contribution in [0.1, 0.15) is 10.4 Å². The van der Waals surface area contributed by atoms with Gasteiger partial charge in [-0.25, -0.2) is 4.39 Å². The fraction of sp³-hybridized carbons (Fsp3) is 0.222. The second-order valence-corrected chi connectivity index (χ2v) is 3.48. The van der Waals surface area contributed by atoms with Gasteiger partial charge in [0, 0.05) is 5.56 Å². The summed E-state index contributed by atoms with van der Waals surface area (Å²) in [4.78, 5) is 11.1. The number of hydrogen-bond donors (Lipinski definition) is 0. The molecule has 0 fully saturated rings. The van der Waals surface area contributed by atoms with E-state index in [0.717, 1.165) is 30.5 Å². The lowest BCUT2D eigenvalue weighted by atomic mass is 10.1. The molecule has 0 unspecified atom stereocenters. The van der Waals surface area contributed by atoms with Crippen LogP contribution in [0.5, 0.6) is 0 Å². The van der Waals surface area contributed by atoms with E-state index in [1.165, 1.54) is 0 Å². The van der Waals surface area contributed by atoms with E-state index in [1.807, 2.05) is 0 Å². The Morgan fingerprint density at radius 1 is 1.29 bits per heavy atom. The molecule has 1 aromatic rings. The molecule has 1 rings (SSSR count). The van der Waals surface area contributed by atoms with Crippen LogP contribution in [0.15, 0.2) is 24.3 Å². The van der Waals surface area contributed by atoms with E-state index in [9.17, 15) is 18.0 Å². The molecule has 0 aliphatic carbocycles. The first-order chi connectivity index (χ1) is 6.47. The number of Topliss-reactive ketones (excluding diaryl/α,β-unsaturated/α-hetero) is 1. The first-order valence-electron chi connectivity index (χ1n) is 3.70. The van der Waals surface area contributed by atoms with Crippen LogP contribution >= 0.6 is 11.8 Å². The number of benzene rings is 1. The number of carbonyl (C=O) groups excluding carboxylic acids is 1. The average molecular weight is 220 g/mol. The predicted molar refractivity (Wildman–Crippen MR) is 49.2 cm³/mol. The Hall–Kier alpha value is -0.970. The molecule has 0 saturated heterocycles. The largest absolute Gasteiger partial charge is 0.355 e.